The average Bonchev–Trinajstić information content (AvgIpc) is 2.13. The van der Waals surface area contributed by atoms with Gasteiger partial charge in [0.05, 0.1) is 26.7 Å². The van der Waals surface area contributed by atoms with E-state index in [1.54, 1.807) is 0 Å². The molecule has 1 saturated carbocycles. The van der Waals surface area contributed by atoms with Gasteiger partial charge in [0.2, 0.25) is 0 Å². The van der Waals surface area contributed by atoms with Gasteiger partial charge in [0.15, 0.2) is 0 Å². The average molecular weight is 128 g/mol. The molecule has 1 aliphatic rings. The van der Waals surface area contributed by atoms with E-state index in [9.17, 15) is 0 Å². The maximum Gasteiger partial charge on any atom is 0.0991 e. The molecule has 2 unspecified atom stereocenters. The van der Waals surface area contributed by atoms with E-state index in [4.69, 9.17) is 0 Å². The van der Waals surface area contributed by atoms with Crippen LogP contribution < -0.4 is 0 Å². The summed E-state index contributed by atoms with van der Waals surface area (Å²) in [6, 6.07) is 0. The van der Waals surface area contributed by atoms with Crippen molar-refractivity contribution in [3.8, 4) is 0 Å². The highest BCUT2D eigenvalue weighted by Crippen LogP contribution is 2.49. The molecule has 0 aromatic rings. The van der Waals surface area contributed by atoms with Crippen LogP contribution in [0.5, 0.6) is 0 Å². The summed E-state index contributed by atoms with van der Waals surface area (Å²) in [6.45, 7) is 4.71. The molecule has 2 atom stereocenters. The molecule has 0 saturated heterocycles. The molecule has 54 valence electrons. The summed E-state index contributed by atoms with van der Waals surface area (Å²) in [5, 5.41) is 0. The number of nitrogens with zero attached hydrogens (tertiary/aromatic N) is 1. The van der Waals surface area contributed by atoms with Crippen LogP contribution >= 0.6 is 0 Å². The number of rotatable bonds is 1. The van der Waals surface area contributed by atoms with Crippen LogP contribution in [0.2, 0.25) is 0 Å². The van der Waals surface area contributed by atoms with E-state index >= 15 is 0 Å². The molecule has 0 heterocycles. The lowest BCUT2D eigenvalue weighted by molar-refractivity contribution is -0.907. The Morgan fingerprint density at radius 2 is 1.67 bits per heavy atom. The minimum Gasteiger partial charge on any atom is -0.326 e. The molecule has 0 aliphatic heterocycles. The van der Waals surface area contributed by atoms with Crippen LogP contribution in [-0.4, -0.2) is 31.2 Å². The molecule has 0 N–H and O–H groups in total. The van der Waals surface area contributed by atoms with Crippen LogP contribution in [0, 0.1) is 5.92 Å². The maximum atomic E-state index is 2.37. The third-order valence-electron chi connectivity index (χ3n) is 3.15. The Labute approximate surface area is 58.3 Å². The lowest BCUT2D eigenvalue weighted by Crippen LogP contribution is -2.46. The standard InChI is InChI=1S/C8H18N/c1-7-6-8(7,2)9(3,4)5/h7H,6H2,1-5H3/q+1. The van der Waals surface area contributed by atoms with Crippen molar-refractivity contribution in [2.75, 3.05) is 21.1 Å². The Bertz CT molecular complexity index is 123. The molecule has 1 heteroatoms. The SMILES string of the molecule is CC1CC1(C)[N+](C)(C)C. The zero-order valence-corrected chi connectivity index (χ0v) is 7.23. The van der Waals surface area contributed by atoms with Crippen LogP contribution in [0.1, 0.15) is 20.3 Å². The van der Waals surface area contributed by atoms with Crippen LogP contribution in [-0.2, 0) is 0 Å². The van der Waals surface area contributed by atoms with Crippen molar-refractivity contribution in [2.24, 2.45) is 5.92 Å². The van der Waals surface area contributed by atoms with Crippen molar-refractivity contribution in [3.05, 3.63) is 0 Å². The fraction of sp³-hybridized carbons (Fsp3) is 1.00. The molecular weight excluding hydrogens is 110 g/mol. The number of quaternary nitrogens is 1. The lowest BCUT2D eigenvalue weighted by atomic mass is 10.2. The first-order valence-electron chi connectivity index (χ1n) is 3.69. The highest BCUT2D eigenvalue weighted by atomic mass is 15.4. The van der Waals surface area contributed by atoms with Gasteiger partial charge >= 0.3 is 0 Å². The normalized spacial score (nSPS) is 43.0. The monoisotopic (exact) mass is 128 g/mol. The fourth-order valence-corrected chi connectivity index (χ4v) is 1.50. The zero-order chi connectivity index (χ0) is 7.28. The van der Waals surface area contributed by atoms with E-state index < -0.39 is 0 Å². The van der Waals surface area contributed by atoms with Gasteiger partial charge in [-0.2, -0.15) is 0 Å². The largest absolute Gasteiger partial charge is 0.326 e. The van der Waals surface area contributed by atoms with E-state index in [0.717, 1.165) is 10.4 Å². The second kappa shape index (κ2) is 1.51. The molecule has 0 spiro atoms. The molecule has 0 aromatic carbocycles. The Morgan fingerprint density at radius 3 is 1.67 bits per heavy atom. The van der Waals surface area contributed by atoms with Crippen molar-refractivity contribution >= 4 is 0 Å². The predicted molar refractivity (Wildman–Crippen MR) is 40.2 cm³/mol. The summed E-state index contributed by atoms with van der Waals surface area (Å²) in [5.41, 5.74) is 0.583. The van der Waals surface area contributed by atoms with Crippen LogP contribution in [0.15, 0.2) is 0 Å². The van der Waals surface area contributed by atoms with Crippen LogP contribution in [0.25, 0.3) is 0 Å². The van der Waals surface area contributed by atoms with Crippen LogP contribution in [0.4, 0.5) is 0 Å². The first-order chi connectivity index (χ1) is 3.88. The summed E-state index contributed by atoms with van der Waals surface area (Å²) in [6.07, 6.45) is 1.40. The predicted octanol–water partition coefficient (Wildman–Crippen LogP) is 1.49. The first kappa shape index (κ1) is 7.07. The topological polar surface area (TPSA) is 0 Å². The molecule has 0 amide bonds. The Hall–Kier alpha value is -0.0400. The van der Waals surface area contributed by atoms with Gasteiger partial charge in [-0.1, -0.05) is 6.92 Å². The molecular formula is C8H18N+. The fourth-order valence-electron chi connectivity index (χ4n) is 1.50. The Balaban J connectivity index is 2.64. The van der Waals surface area contributed by atoms with Gasteiger partial charge in [0.1, 0.15) is 0 Å². The van der Waals surface area contributed by atoms with Crippen molar-refractivity contribution in [3.63, 3.8) is 0 Å². The first-order valence-corrected chi connectivity index (χ1v) is 3.69. The molecule has 1 aliphatic carbocycles. The zero-order valence-electron chi connectivity index (χ0n) is 7.23. The summed E-state index contributed by atoms with van der Waals surface area (Å²) < 4.78 is 1.12. The third-order valence-corrected chi connectivity index (χ3v) is 3.15. The van der Waals surface area contributed by atoms with E-state index in [1.807, 2.05) is 0 Å². The summed E-state index contributed by atoms with van der Waals surface area (Å²) in [7, 11) is 6.84. The minimum atomic E-state index is 0.583. The van der Waals surface area contributed by atoms with Crippen molar-refractivity contribution in [1.82, 2.24) is 0 Å². The third kappa shape index (κ3) is 0.877. The summed E-state index contributed by atoms with van der Waals surface area (Å²) in [5.74, 6) is 0.928. The molecule has 0 radical (unpaired) electrons. The van der Waals surface area contributed by atoms with Crippen LogP contribution in [0.3, 0.4) is 0 Å². The van der Waals surface area contributed by atoms with Crippen molar-refractivity contribution < 1.29 is 4.48 Å². The Kier molecular flexibility index (Phi) is 1.19. The van der Waals surface area contributed by atoms with Crippen molar-refractivity contribution in [1.29, 1.82) is 0 Å². The smallest absolute Gasteiger partial charge is 0.0991 e. The van der Waals surface area contributed by atoms with Gasteiger partial charge in [-0.25, -0.2) is 0 Å². The highest BCUT2D eigenvalue weighted by Gasteiger charge is 2.57. The minimum absolute atomic E-state index is 0.583. The van der Waals surface area contributed by atoms with Crippen molar-refractivity contribution in [2.45, 2.75) is 25.8 Å². The molecule has 0 aromatic heterocycles. The van der Waals surface area contributed by atoms with Gasteiger partial charge in [-0.3, -0.25) is 0 Å². The Morgan fingerprint density at radius 1 is 1.33 bits per heavy atom. The quantitative estimate of drug-likeness (QED) is 0.469. The second-order valence-corrected chi connectivity index (χ2v) is 4.47. The molecule has 1 nitrogen and oxygen atoms in total. The van der Waals surface area contributed by atoms with E-state index in [1.165, 1.54) is 6.42 Å². The maximum absolute atomic E-state index is 2.37. The van der Waals surface area contributed by atoms with Gasteiger partial charge in [-0.15, -0.1) is 0 Å². The summed E-state index contributed by atoms with van der Waals surface area (Å²) >= 11 is 0. The lowest BCUT2D eigenvalue weighted by Gasteiger charge is -2.32. The molecule has 0 bridgehead atoms. The molecule has 1 rings (SSSR count). The molecule has 1 fully saturated rings. The molecule has 9 heavy (non-hydrogen) atoms. The van der Waals surface area contributed by atoms with Gasteiger partial charge in [0.25, 0.3) is 0 Å². The summed E-state index contributed by atoms with van der Waals surface area (Å²) in [4.78, 5) is 0. The highest BCUT2D eigenvalue weighted by molar-refractivity contribution is 4.98. The van der Waals surface area contributed by atoms with E-state index in [2.05, 4.69) is 35.0 Å². The van der Waals surface area contributed by atoms with Gasteiger partial charge < -0.3 is 4.48 Å². The van der Waals surface area contributed by atoms with Gasteiger partial charge in [0, 0.05) is 12.3 Å². The number of hydrogen-bond donors (Lipinski definition) is 0. The van der Waals surface area contributed by atoms with E-state index in [0.29, 0.717) is 5.54 Å². The van der Waals surface area contributed by atoms with E-state index in [-0.39, 0.29) is 0 Å². The van der Waals surface area contributed by atoms with Gasteiger partial charge in [-0.05, 0) is 6.92 Å². The second-order valence-electron chi connectivity index (χ2n) is 4.47. The number of hydrogen-bond acceptors (Lipinski definition) is 0.